The normalized spacial score (nSPS) is 27.6. The van der Waals surface area contributed by atoms with Crippen molar-refractivity contribution in [3.8, 4) is 11.4 Å². The van der Waals surface area contributed by atoms with Gasteiger partial charge in [-0.05, 0) is 74.3 Å². The maximum Gasteiger partial charge on any atom is 0.307 e. The number of hydrogen-bond donors (Lipinski definition) is 2. The number of aromatic amines is 1. The average Bonchev–Trinajstić information content (AvgIpc) is 3.10. The van der Waals surface area contributed by atoms with E-state index in [1.807, 2.05) is 12.3 Å². The lowest BCUT2D eigenvalue weighted by Gasteiger charge is -2.34. The standard InChI is InChI=1S/C25H28N4O3/c1-14-2-4-20-21(10-14)28-24(27-20)15-3-5-22(26-13-15)29-8-6-16(7-9-29)32-17-11-18-19(12-17)23(18)25(30)31/h2-5,10,13,16-19,23H,6-9,11-12H2,1H3,(H,27,28)(H,30,31)/t17?,18-,19+,23?. The topological polar surface area (TPSA) is 91.3 Å². The average molecular weight is 433 g/mol. The number of pyridine rings is 1. The Morgan fingerprint density at radius 2 is 1.91 bits per heavy atom. The number of anilines is 1. The van der Waals surface area contributed by atoms with Crippen LogP contribution in [0.2, 0.25) is 0 Å². The molecule has 1 aromatic carbocycles. The molecular weight excluding hydrogens is 404 g/mol. The molecule has 2 N–H and O–H groups in total. The summed E-state index contributed by atoms with van der Waals surface area (Å²) < 4.78 is 6.33. The molecule has 0 bridgehead atoms. The Bertz CT molecular complexity index is 1140. The van der Waals surface area contributed by atoms with Crippen LogP contribution in [0.3, 0.4) is 0 Å². The van der Waals surface area contributed by atoms with E-state index >= 15 is 0 Å². The first-order valence-corrected chi connectivity index (χ1v) is 11.6. The van der Waals surface area contributed by atoms with E-state index in [0.717, 1.165) is 67.0 Å². The Balaban J connectivity index is 1.04. The Morgan fingerprint density at radius 1 is 1.12 bits per heavy atom. The van der Waals surface area contributed by atoms with Crippen LogP contribution < -0.4 is 4.90 Å². The number of piperidine rings is 1. The molecule has 6 rings (SSSR count). The summed E-state index contributed by atoms with van der Waals surface area (Å²) in [5, 5.41) is 9.17. The summed E-state index contributed by atoms with van der Waals surface area (Å²) in [4.78, 5) is 26.2. The van der Waals surface area contributed by atoms with Gasteiger partial charge in [0.15, 0.2) is 0 Å². The molecule has 2 aromatic heterocycles. The second-order valence-electron chi connectivity index (χ2n) is 9.62. The highest BCUT2D eigenvalue weighted by Crippen LogP contribution is 2.58. The molecule has 0 radical (unpaired) electrons. The first-order chi connectivity index (χ1) is 15.5. The third-order valence-electron chi connectivity index (χ3n) is 7.50. The molecule has 166 valence electrons. The summed E-state index contributed by atoms with van der Waals surface area (Å²) in [6.07, 6.45) is 6.24. The summed E-state index contributed by atoms with van der Waals surface area (Å²) in [5.74, 6) is 1.82. The van der Waals surface area contributed by atoms with Gasteiger partial charge in [0.2, 0.25) is 0 Å². The largest absolute Gasteiger partial charge is 0.481 e. The fourth-order valence-electron chi connectivity index (χ4n) is 5.74. The third kappa shape index (κ3) is 3.54. The minimum atomic E-state index is -0.624. The molecule has 7 heteroatoms. The van der Waals surface area contributed by atoms with Crippen LogP contribution in [0.5, 0.6) is 0 Å². The zero-order chi connectivity index (χ0) is 21.8. The van der Waals surface area contributed by atoms with E-state index in [9.17, 15) is 9.90 Å². The molecule has 3 aliphatic rings. The number of fused-ring (bicyclic) bond motifs is 2. The van der Waals surface area contributed by atoms with Crippen molar-refractivity contribution < 1.29 is 14.6 Å². The number of ether oxygens (including phenoxy) is 1. The smallest absolute Gasteiger partial charge is 0.307 e. The number of aryl methyl sites for hydroxylation is 1. The number of rotatable bonds is 5. The molecule has 1 aliphatic heterocycles. The van der Waals surface area contributed by atoms with Gasteiger partial charge in [-0.15, -0.1) is 0 Å². The summed E-state index contributed by atoms with van der Waals surface area (Å²) in [7, 11) is 0. The van der Waals surface area contributed by atoms with Crippen LogP contribution in [0.25, 0.3) is 22.4 Å². The highest BCUT2D eigenvalue weighted by Gasteiger charge is 2.60. The molecule has 0 spiro atoms. The van der Waals surface area contributed by atoms with E-state index in [2.05, 4.69) is 46.1 Å². The van der Waals surface area contributed by atoms with Crippen molar-refractivity contribution in [2.24, 2.45) is 17.8 Å². The molecule has 3 fully saturated rings. The minimum absolute atomic E-state index is 0.102. The lowest BCUT2D eigenvalue weighted by Crippen LogP contribution is -2.38. The van der Waals surface area contributed by atoms with Crippen molar-refractivity contribution in [1.29, 1.82) is 0 Å². The highest BCUT2D eigenvalue weighted by molar-refractivity contribution is 5.80. The van der Waals surface area contributed by atoms with Crippen LogP contribution >= 0.6 is 0 Å². The molecule has 32 heavy (non-hydrogen) atoms. The van der Waals surface area contributed by atoms with Gasteiger partial charge in [-0.1, -0.05) is 6.07 Å². The van der Waals surface area contributed by atoms with Crippen LogP contribution in [0.15, 0.2) is 36.5 Å². The second kappa shape index (κ2) is 7.59. The van der Waals surface area contributed by atoms with Gasteiger partial charge in [0.25, 0.3) is 0 Å². The van der Waals surface area contributed by atoms with E-state index in [0.29, 0.717) is 11.8 Å². The Hall–Kier alpha value is -2.93. The second-order valence-corrected chi connectivity index (χ2v) is 9.62. The Labute approximate surface area is 186 Å². The van der Waals surface area contributed by atoms with E-state index in [4.69, 9.17) is 9.72 Å². The number of carbonyl (C=O) groups is 1. The quantitative estimate of drug-likeness (QED) is 0.633. The lowest BCUT2D eigenvalue weighted by molar-refractivity contribution is -0.139. The molecule has 2 saturated carbocycles. The maximum atomic E-state index is 11.1. The monoisotopic (exact) mass is 432 g/mol. The number of hydrogen-bond acceptors (Lipinski definition) is 5. The molecule has 1 saturated heterocycles. The van der Waals surface area contributed by atoms with E-state index in [-0.39, 0.29) is 18.1 Å². The van der Waals surface area contributed by atoms with Gasteiger partial charge in [0.1, 0.15) is 11.6 Å². The number of aliphatic carboxylic acids is 1. The van der Waals surface area contributed by atoms with Gasteiger partial charge in [-0.2, -0.15) is 0 Å². The van der Waals surface area contributed by atoms with Crippen LogP contribution in [0.4, 0.5) is 5.82 Å². The molecule has 4 atom stereocenters. The van der Waals surface area contributed by atoms with Crippen LogP contribution in [-0.2, 0) is 9.53 Å². The van der Waals surface area contributed by atoms with E-state index in [1.165, 1.54) is 5.56 Å². The van der Waals surface area contributed by atoms with Gasteiger partial charge in [0, 0.05) is 24.8 Å². The maximum absolute atomic E-state index is 11.1. The number of imidazole rings is 1. The van der Waals surface area contributed by atoms with Crippen molar-refractivity contribution in [1.82, 2.24) is 15.0 Å². The van der Waals surface area contributed by atoms with Crippen molar-refractivity contribution in [2.45, 2.75) is 44.8 Å². The summed E-state index contributed by atoms with van der Waals surface area (Å²) in [5.41, 5.74) is 4.21. The van der Waals surface area contributed by atoms with Gasteiger partial charge in [-0.3, -0.25) is 4.79 Å². The summed E-state index contributed by atoms with van der Waals surface area (Å²) in [6.45, 7) is 3.94. The van der Waals surface area contributed by atoms with Crippen LogP contribution in [-0.4, -0.2) is 51.3 Å². The lowest BCUT2D eigenvalue weighted by atomic mass is 10.1. The van der Waals surface area contributed by atoms with Crippen molar-refractivity contribution in [3.63, 3.8) is 0 Å². The van der Waals surface area contributed by atoms with E-state index in [1.54, 1.807) is 0 Å². The van der Waals surface area contributed by atoms with Crippen LogP contribution in [0.1, 0.15) is 31.2 Å². The minimum Gasteiger partial charge on any atom is -0.481 e. The van der Waals surface area contributed by atoms with Gasteiger partial charge in [0.05, 0.1) is 29.2 Å². The third-order valence-corrected chi connectivity index (χ3v) is 7.50. The molecule has 3 aromatic rings. The SMILES string of the molecule is Cc1ccc2nc(-c3ccc(N4CCC(OC5C[C@@H]6C(C(=O)O)[C@@H]6C5)CC4)nc3)[nH]c2c1. The highest BCUT2D eigenvalue weighted by atomic mass is 16.5. The number of H-pyrrole nitrogens is 1. The molecule has 2 aliphatic carbocycles. The first-order valence-electron chi connectivity index (χ1n) is 11.6. The number of nitrogens with one attached hydrogen (secondary N) is 1. The van der Waals surface area contributed by atoms with E-state index < -0.39 is 5.97 Å². The molecule has 0 amide bonds. The van der Waals surface area contributed by atoms with Crippen molar-refractivity contribution >= 4 is 22.8 Å². The zero-order valence-corrected chi connectivity index (χ0v) is 18.2. The Morgan fingerprint density at radius 3 is 2.59 bits per heavy atom. The predicted molar refractivity (Wildman–Crippen MR) is 122 cm³/mol. The van der Waals surface area contributed by atoms with Gasteiger partial charge in [-0.25, -0.2) is 9.97 Å². The Kier molecular flexibility index (Phi) is 4.68. The zero-order valence-electron chi connectivity index (χ0n) is 18.2. The molecular formula is C25H28N4O3. The summed E-state index contributed by atoms with van der Waals surface area (Å²) >= 11 is 0. The van der Waals surface area contributed by atoms with Crippen molar-refractivity contribution in [2.75, 3.05) is 18.0 Å². The molecule has 3 heterocycles. The molecule has 2 unspecified atom stereocenters. The molecule has 7 nitrogen and oxygen atoms in total. The number of nitrogens with zero attached hydrogens (tertiary/aromatic N) is 3. The number of carboxylic acids is 1. The van der Waals surface area contributed by atoms with Crippen LogP contribution in [0, 0.1) is 24.7 Å². The van der Waals surface area contributed by atoms with Gasteiger partial charge < -0.3 is 19.7 Å². The summed E-state index contributed by atoms with van der Waals surface area (Å²) in [6, 6.07) is 10.4. The van der Waals surface area contributed by atoms with Crippen molar-refractivity contribution in [3.05, 3.63) is 42.1 Å². The predicted octanol–water partition coefficient (Wildman–Crippen LogP) is 4.03. The van der Waals surface area contributed by atoms with Gasteiger partial charge >= 0.3 is 5.97 Å². The number of aromatic nitrogens is 3. The number of benzene rings is 1. The number of carboxylic acid groups (broad SMARTS) is 1. The fourth-order valence-corrected chi connectivity index (χ4v) is 5.74. The first kappa shape index (κ1) is 19.7. The fraction of sp³-hybridized carbons (Fsp3) is 0.480.